The van der Waals surface area contributed by atoms with E-state index in [2.05, 4.69) is 15.4 Å². The van der Waals surface area contributed by atoms with Crippen molar-refractivity contribution in [3.8, 4) is 0 Å². The Morgan fingerprint density at radius 3 is 2.68 bits per heavy atom. The van der Waals surface area contributed by atoms with Gasteiger partial charge in [0.25, 0.3) is 0 Å². The van der Waals surface area contributed by atoms with Crippen LogP contribution in [0.1, 0.15) is 24.8 Å². The molecule has 1 amide bonds. The summed E-state index contributed by atoms with van der Waals surface area (Å²) in [6.07, 6.45) is 2.69. The van der Waals surface area contributed by atoms with Crippen LogP contribution < -0.4 is 15.4 Å². The SMILES string of the molecule is O=C(NCc1ccc(S(=O)(=O)NCC2CCCO2)cc1)C1CCNC1. The highest BCUT2D eigenvalue weighted by Gasteiger charge is 2.22. The van der Waals surface area contributed by atoms with Crippen molar-refractivity contribution in [2.75, 3.05) is 26.2 Å². The lowest BCUT2D eigenvalue weighted by Gasteiger charge is -2.12. The Labute approximate surface area is 148 Å². The molecule has 2 saturated heterocycles. The van der Waals surface area contributed by atoms with Gasteiger partial charge in [0.2, 0.25) is 15.9 Å². The zero-order chi connectivity index (χ0) is 17.7. The van der Waals surface area contributed by atoms with Gasteiger partial charge in [-0.3, -0.25) is 4.79 Å². The van der Waals surface area contributed by atoms with Gasteiger partial charge in [-0.25, -0.2) is 13.1 Å². The first-order chi connectivity index (χ1) is 12.0. The zero-order valence-electron chi connectivity index (χ0n) is 14.2. The molecule has 2 aliphatic rings. The fourth-order valence-electron chi connectivity index (χ4n) is 3.09. The van der Waals surface area contributed by atoms with E-state index in [0.717, 1.165) is 37.9 Å². The van der Waals surface area contributed by atoms with Crippen molar-refractivity contribution in [2.24, 2.45) is 5.92 Å². The molecule has 0 saturated carbocycles. The fourth-order valence-corrected chi connectivity index (χ4v) is 4.16. The third kappa shape index (κ3) is 5.01. The molecule has 0 aromatic heterocycles. The molecule has 138 valence electrons. The molecule has 3 N–H and O–H groups in total. The molecule has 2 unspecified atom stereocenters. The first-order valence-corrected chi connectivity index (χ1v) is 10.2. The van der Waals surface area contributed by atoms with Crippen molar-refractivity contribution in [1.29, 1.82) is 0 Å². The molecular weight excluding hydrogens is 342 g/mol. The highest BCUT2D eigenvalue weighted by atomic mass is 32.2. The van der Waals surface area contributed by atoms with Crippen molar-refractivity contribution in [3.05, 3.63) is 29.8 Å². The van der Waals surface area contributed by atoms with E-state index in [0.29, 0.717) is 19.7 Å². The van der Waals surface area contributed by atoms with E-state index >= 15 is 0 Å². The van der Waals surface area contributed by atoms with Crippen LogP contribution in [0.3, 0.4) is 0 Å². The summed E-state index contributed by atoms with van der Waals surface area (Å²) in [4.78, 5) is 12.2. The van der Waals surface area contributed by atoms with E-state index in [1.807, 2.05) is 0 Å². The normalized spacial score (nSPS) is 23.7. The Hall–Kier alpha value is -1.48. The summed E-state index contributed by atoms with van der Waals surface area (Å²) in [6, 6.07) is 6.59. The first kappa shape index (κ1) is 18.3. The molecule has 2 fully saturated rings. The summed E-state index contributed by atoms with van der Waals surface area (Å²) in [7, 11) is -3.53. The molecule has 1 aromatic rings. The predicted molar refractivity (Wildman–Crippen MR) is 93.4 cm³/mol. The number of benzene rings is 1. The van der Waals surface area contributed by atoms with Gasteiger partial charge in [-0.05, 0) is 43.5 Å². The Balaban J connectivity index is 1.51. The summed E-state index contributed by atoms with van der Waals surface area (Å²) in [5.74, 6) is 0.0709. The molecule has 3 rings (SSSR count). The number of rotatable bonds is 7. The molecular formula is C17H25N3O4S. The molecule has 0 radical (unpaired) electrons. The predicted octanol–water partition coefficient (Wildman–Crippen LogP) is 0.370. The third-order valence-corrected chi connectivity index (χ3v) is 6.10. The second-order valence-corrected chi connectivity index (χ2v) is 8.31. The Kier molecular flexibility index (Phi) is 6.06. The standard InChI is InChI=1S/C17H25N3O4S/c21-17(14-7-8-18-11-14)19-10-13-3-5-16(6-4-13)25(22,23)20-12-15-2-1-9-24-15/h3-6,14-15,18,20H,1-2,7-12H2,(H,19,21). The monoisotopic (exact) mass is 367 g/mol. The largest absolute Gasteiger partial charge is 0.377 e. The average molecular weight is 367 g/mol. The zero-order valence-corrected chi connectivity index (χ0v) is 15.0. The highest BCUT2D eigenvalue weighted by molar-refractivity contribution is 7.89. The maximum Gasteiger partial charge on any atom is 0.240 e. The summed E-state index contributed by atoms with van der Waals surface area (Å²) in [6.45, 7) is 3.00. The highest BCUT2D eigenvalue weighted by Crippen LogP contribution is 2.14. The summed E-state index contributed by atoms with van der Waals surface area (Å²) < 4.78 is 32.6. The van der Waals surface area contributed by atoms with Gasteiger partial charge in [0.05, 0.1) is 16.9 Å². The molecule has 0 spiro atoms. The quantitative estimate of drug-likeness (QED) is 0.647. The number of nitrogens with one attached hydrogen (secondary N) is 3. The van der Waals surface area contributed by atoms with Gasteiger partial charge in [0.1, 0.15) is 0 Å². The molecule has 1 aromatic carbocycles. The summed E-state index contributed by atoms with van der Waals surface area (Å²) in [5, 5.41) is 6.06. The molecule has 8 heteroatoms. The van der Waals surface area contributed by atoms with Crippen LogP contribution in [0.2, 0.25) is 0 Å². The third-order valence-electron chi connectivity index (χ3n) is 4.66. The Morgan fingerprint density at radius 2 is 2.04 bits per heavy atom. The van der Waals surface area contributed by atoms with Crippen LogP contribution in [-0.2, 0) is 26.1 Å². The van der Waals surface area contributed by atoms with Gasteiger partial charge in [-0.2, -0.15) is 0 Å². The Morgan fingerprint density at radius 1 is 1.24 bits per heavy atom. The Bertz CT molecular complexity index is 678. The molecule has 2 aliphatic heterocycles. The number of hydrogen-bond donors (Lipinski definition) is 3. The van der Waals surface area contributed by atoms with Crippen molar-refractivity contribution >= 4 is 15.9 Å². The lowest BCUT2D eigenvalue weighted by Crippen LogP contribution is -2.32. The van der Waals surface area contributed by atoms with Crippen molar-refractivity contribution in [2.45, 2.75) is 36.8 Å². The maximum atomic E-state index is 12.3. The van der Waals surface area contributed by atoms with Gasteiger partial charge in [0.15, 0.2) is 0 Å². The summed E-state index contributed by atoms with van der Waals surface area (Å²) in [5.41, 5.74) is 0.873. The van der Waals surface area contributed by atoms with Crippen molar-refractivity contribution in [1.82, 2.24) is 15.4 Å². The lowest BCUT2D eigenvalue weighted by molar-refractivity contribution is -0.124. The number of amides is 1. The topological polar surface area (TPSA) is 96.5 Å². The van der Waals surface area contributed by atoms with Crippen molar-refractivity contribution < 1.29 is 17.9 Å². The van der Waals surface area contributed by atoms with E-state index in [-0.39, 0.29) is 22.8 Å². The minimum Gasteiger partial charge on any atom is -0.377 e. The van der Waals surface area contributed by atoms with Gasteiger partial charge in [0, 0.05) is 26.2 Å². The number of ether oxygens (including phenoxy) is 1. The minimum absolute atomic E-state index is 0.0293. The number of hydrogen-bond acceptors (Lipinski definition) is 5. The van der Waals surface area contributed by atoms with Crippen LogP contribution in [0.15, 0.2) is 29.2 Å². The maximum absolute atomic E-state index is 12.3. The van der Waals surface area contributed by atoms with E-state index < -0.39 is 10.0 Å². The second kappa shape index (κ2) is 8.27. The number of sulfonamides is 1. The summed E-state index contributed by atoms with van der Waals surface area (Å²) >= 11 is 0. The van der Waals surface area contributed by atoms with E-state index in [4.69, 9.17) is 4.74 Å². The van der Waals surface area contributed by atoms with Crippen LogP contribution in [0.5, 0.6) is 0 Å². The minimum atomic E-state index is -3.53. The molecule has 2 heterocycles. The van der Waals surface area contributed by atoms with E-state index in [1.54, 1.807) is 24.3 Å². The van der Waals surface area contributed by atoms with Crippen LogP contribution in [0.25, 0.3) is 0 Å². The van der Waals surface area contributed by atoms with Crippen LogP contribution in [0.4, 0.5) is 0 Å². The fraction of sp³-hybridized carbons (Fsp3) is 0.588. The van der Waals surface area contributed by atoms with E-state index in [1.165, 1.54) is 0 Å². The smallest absolute Gasteiger partial charge is 0.240 e. The van der Waals surface area contributed by atoms with Gasteiger partial charge < -0.3 is 15.4 Å². The molecule has 2 atom stereocenters. The van der Waals surface area contributed by atoms with Gasteiger partial charge >= 0.3 is 0 Å². The molecule has 7 nitrogen and oxygen atoms in total. The lowest BCUT2D eigenvalue weighted by atomic mass is 10.1. The number of carbonyl (C=O) groups is 1. The van der Waals surface area contributed by atoms with Crippen LogP contribution >= 0.6 is 0 Å². The number of carbonyl (C=O) groups excluding carboxylic acids is 1. The van der Waals surface area contributed by atoms with Gasteiger partial charge in [-0.1, -0.05) is 12.1 Å². The average Bonchev–Trinajstić information content (AvgIpc) is 3.31. The molecule has 25 heavy (non-hydrogen) atoms. The first-order valence-electron chi connectivity index (χ1n) is 8.73. The molecule has 0 aliphatic carbocycles. The van der Waals surface area contributed by atoms with E-state index in [9.17, 15) is 13.2 Å². The van der Waals surface area contributed by atoms with Gasteiger partial charge in [-0.15, -0.1) is 0 Å². The van der Waals surface area contributed by atoms with Crippen molar-refractivity contribution in [3.63, 3.8) is 0 Å². The van der Waals surface area contributed by atoms with Crippen LogP contribution in [-0.4, -0.2) is 46.7 Å². The van der Waals surface area contributed by atoms with Crippen LogP contribution in [0, 0.1) is 5.92 Å². The second-order valence-electron chi connectivity index (χ2n) is 6.54. The molecule has 0 bridgehead atoms.